The van der Waals surface area contributed by atoms with Gasteiger partial charge in [0.1, 0.15) is 5.65 Å². The first-order valence-corrected chi connectivity index (χ1v) is 8.48. The van der Waals surface area contributed by atoms with Crippen LogP contribution in [0.3, 0.4) is 0 Å². The van der Waals surface area contributed by atoms with Crippen molar-refractivity contribution in [2.45, 2.75) is 13.5 Å². The number of halogens is 1. The Morgan fingerprint density at radius 3 is 3.00 bits per heavy atom. The van der Waals surface area contributed by atoms with Crippen LogP contribution in [0.1, 0.15) is 11.4 Å². The Morgan fingerprint density at radius 1 is 1.39 bits per heavy atom. The molecule has 0 aliphatic carbocycles. The Kier molecular flexibility index (Phi) is 5.21. The smallest absolute Gasteiger partial charge is 0.137 e. The van der Waals surface area contributed by atoms with Crippen LogP contribution in [0.15, 0.2) is 18.3 Å². The summed E-state index contributed by atoms with van der Waals surface area (Å²) in [6.07, 6.45) is 1.96. The monoisotopic (exact) mass is 336 g/mol. The number of aromatic nitrogens is 2. The van der Waals surface area contributed by atoms with E-state index in [1.807, 2.05) is 18.3 Å². The molecule has 6 heteroatoms. The molecule has 0 amide bonds. The van der Waals surface area contributed by atoms with Crippen LogP contribution in [0.5, 0.6) is 0 Å². The Labute approximate surface area is 142 Å². The summed E-state index contributed by atoms with van der Waals surface area (Å²) < 4.78 is 7.90. The quantitative estimate of drug-likeness (QED) is 0.858. The predicted molar refractivity (Wildman–Crippen MR) is 93.1 cm³/mol. The first-order chi connectivity index (χ1) is 11.0. The van der Waals surface area contributed by atoms with E-state index < -0.39 is 0 Å². The Hall–Kier alpha value is -1.14. The van der Waals surface area contributed by atoms with E-state index in [0.717, 1.165) is 55.8 Å². The number of fused-ring (bicyclic) bond motifs is 1. The van der Waals surface area contributed by atoms with Gasteiger partial charge in [-0.1, -0.05) is 11.6 Å². The molecule has 5 nitrogen and oxygen atoms in total. The summed E-state index contributed by atoms with van der Waals surface area (Å²) in [5.74, 6) is 0.538. The van der Waals surface area contributed by atoms with E-state index in [1.54, 1.807) is 0 Å². The van der Waals surface area contributed by atoms with E-state index in [9.17, 15) is 0 Å². The van der Waals surface area contributed by atoms with Crippen molar-refractivity contribution in [3.8, 4) is 0 Å². The van der Waals surface area contributed by atoms with Crippen molar-refractivity contribution in [1.29, 1.82) is 0 Å². The number of ether oxygens (including phenoxy) is 1. The number of imidazole rings is 1. The van der Waals surface area contributed by atoms with Crippen molar-refractivity contribution >= 4 is 17.2 Å². The van der Waals surface area contributed by atoms with Crippen LogP contribution in [0.2, 0.25) is 5.02 Å². The van der Waals surface area contributed by atoms with E-state index in [1.165, 1.54) is 5.69 Å². The maximum atomic E-state index is 6.16. The zero-order valence-electron chi connectivity index (χ0n) is 14.1. The Bertz CT molecular complexity index is 670. The normalized spacial score (nSPS) is 20.3. The number of nitrogens with zero attached hydrogens (tertiary/aromatic N) is 4. The molecular weight excluding hydrogens is 312 g/mol. The third-order valence-corrected chi connectivity index (χ3v) is 4.52. The molecule has 0 spiro atoms. The van der Waals surface area contributed by atoms with Gasteiger partial charge in [0.05, 0.1) is 29.6 Å². The van der Waals surface area contributed by atoms with Gasteiger partial charge in [0.15, 0.2) is 0 Å². The van der Waals surface area contributed by atoms with Crippen LogP contribution in [0, 0.1) is 12.8 Å². The van der Waals surface area contributed by atoms with Crippen LogP contribution in [-0.4, -0.2) is 66.1 Å². The van der Waals surface area contributed by atoms with E-state index in [4.69, 9.17) is 16.3 Å². The molecule has 0 radical (unpaired) electrons. The van der Waals surface area contributed by atoms with Crippen LogP contribution in [-0.2, 0) is 11.3 Å². The van der Waals surface area contributed by atoms with Crippen molar-refractivity contribution in [2.24, 2.45) is 5.92 Å². The molecule has 0 aromatic carbocycles. The van der Waals surface area contributed by atoms with Crippen molar-refractivity contribution in [3.63, 3.8) is 0 Å². The zero-order valence-corrected chi connectivity index (χ0v) is 14.9. The topological polar surface area (TPSA) is 33.0 Å². The van der Waals surface area contributed by atoms with Gasteiger partial charge in [-0.05, 0) is 33.2 Å². The lowest BCUT2D eigenvalue weighted by Crippen LogP contribution is -2.34. The fraction of sp³-hybridized carbons (Fsp3) is 0.588. The molecule has 2 aromatic heterocycles. The van der Waals surface area contributed by atoms with E-state index in [2.05, 4.69) is 40.2 Å². The van der Waals surface area contributed by atoms with Gasteiger partial charge >= 0.3 is 0 Å². The van der Waals surface area contributed by atoms with Gasteiger partial charge in [-0.2, -0.15) is 0 Å². The summed E-state index contributed by atoms with van der Waals surface area (Å²) in [6, 6.07) is 3.86. The highest BCUT2D eigenvalue weighted by Crippen LogP contribution is 2.19. The summed E-state index contributed by atoms with van der Waals surface area (Å²) in [6.45, 7) is 7.63. The standard InChI is InChI=1S/C17H25ClN4O/c1-13-16(22-10-15(18)4-5-17(22)19-13)11-21-6-7-23-12-14(9-21)8-20(2)3/h4-5,10,14H,6-9,11-12H2,1-3H3/t14-/m0/s1. The van der Waals surface area contributed by atoms with Crippen LogP contribution in [0.25, 0.3) is 5.65 Å². The summed E-state index contributed by atoms with van der Waals surface area (Å²) in [7, 11) is 4.23. The molecule has 0 N–H and O–H groups in total. The lowest BCUT2D eigenvalue weighted by atomic mass is 10.1. The van der Waals surface area contributed by atoms with Crippen LogP contribution >= 0.6 is 11.6 Å². The molecule has 1 aliphatic heterocycles. The van der Waals surface area contributed by atoms with Gasteiger partial charge < -0.3 is 14.0 Å². The minimum atomic E-state index is 0.538. The predicted octanol–water partition coefficient (Wildman–Crippen LogP) is 2.31. The molecule has 1 aliphatic rings. The first kappa shape index (κ1) is 16.7. The van der Waals surface area contributed by atoms with Gasteiger partial charge in [-0.3, -0.25) is 4.90 Å². The van der Waals surface area contributed by atoms with E-state index in [0.29, 0.717) is 5.92 Å². The molecule has 3 rings (SSSR count). The largest absolute Gasteiger partial charge is 0.380 e. The average molecular weight is 337 g/mol. The highest BCUT2D eigenvalue weighted by Gasteiger charge is 2.21. The summed E-state index contributed by atoms with van der Waals surface area (Å²) in [5, 5.41) is 0.737. The van der Waals surface area contributed by atoms with Gasteiger partial charge in [0, 0.05) is 38.3 Å². The van der Waals surface area contributed by atoms with Crippen molar-refractivity contribution in [3.05, 3.63) is 34.7 Å². The zero-order chi connectivity index (χ0) is 16.4. The lowest BCUT2D eigenvalue weighted by Gasteiger charge is -2.25. The molecule has 0 saturated carbocycles. The minimum absolute atomic E-state index is 0.538. The van der Waals surface area contributed by atoms with Gasteiger partial charge in [-0.15, -0.1) is 0 Å². The first-order valence-electron chi connectivity index (χ1n) is 8.11. The van der Waals surface area contributed by atoms with Gasteiger partial charge in [0.25, 0.3) is 0 Å². The van der Waals surface area contributed by atoms with E-state index >= 15 is 0 Å². The molecule has 3 heterocycles. The third kappa shape index (κ3) is 4.04. The second-order valence-electron chi connectivity index (χ2n) is 6.66. The van der Waals surface area contributed by atoms with Crippen molar-refractivity contribution in [2.75, 3.05) is 46.9 Å². The maximum Gasteiger partial charge on any atom is 0.137 e. The van der Waals surface area contributed by atoms with Gasteiger partial charge in [-0.25, -0.2) is 4.98 Å². The molecular formula is C17H25ClN4O. The molecule has 1 atom stereocenters. The number of hydrogen-bond acceptors (Lipinski definition) is 4. The molecule has 1 fully saturated rings. The maximum absolute atomic E-state index is 6.16. The van der Waals surface area contributed by atoms with Crippen LogP contribution in [0.4, 0.5) is 0 Å². The number of pyridine rings is 1. The minimum Gasteiger partial charge on any atom is -0.380 e. The highest BCUT2D eigenvalue weighted by molar-refractivity contribution is 6.30. The molecule has 0 bridgehead atoms. The molecule has 0 unspecified atom stereocenters. The van der Waals surface area contributed by atoms with Crippen molar-refractivity contribution < 1.29 is 4.74 Å². The Balaban J connectivity index is 1.80. The molecule has 1 saturated heterocycles. The second kappa shape index (κ2) is 7.18. The third-order valence-electron chi connectivity index (χ3n) is 4.30. The molecule has 23 heavy (non-hydrogen) atoms. The number of hydrogen-bond donors (Lipinski definition) is 0. The summed E-state index contributed by atoms with van der Waals surface area (Å²) in [4.78, 5) is 9.35. The SMILES string of the molecule is Cc1nc2ccc(Cl)cn2c1CN1CCOC[C@@H](CN(C)C)C1. The summed E-state index contributed by atoms with van der Waals surface area (Å²) in [5.41, 5.74) is 3.24. The summed E-state index contributed by atoms with van der Waals surface area (Å²) >= 11 is 6.16. The highest BCUT2D eigenvalue weighted by atomic mass is 35.5. The lowest BCUT2D eigenvalue weighted by molar-refractivity contribution is 0.112. The van der Waals surface area contributed by atoms with Crippen molar-refractivity contribution in [1.82, 2.24) is 19.2 Å². The van der Waals surface area contributed by atoms with Gasteiger partial charge in [0.2, 0.25) is 0 Å². The second-order valence-corrected chi connectivity index (χ2v) is 7.09. The molecule has 126 valence electrons. The Morgan fingerprint density at radius 2 is 2.22 bits per heavy atom. The number of rotatable bonds is 4. The van der Waals surface area contributed by atoms with Crippen LogP contribution < -0.4 is 0 Å². The molecule has 2 aromatic rings. The van der Waals surface area contributed by atoms with E-state index in [-0.39, 0.29) is 0 Å². The fourth-order valence-electron chi connectivity index (χ4n) is 3.31. The number of aryl methyl sites for hydroxylation is 1. The fourth-order valence-corrected chi connectivity index (χ4v) is 3.47. The average Bonchev–Trinajstić information content (AvgIpc) is 2.66.